The van der Waals surface area contributed by atoms with E-state index in [0.29, 0.717) is 5.54 Å². The van der Waals surface area contributed by atoms with Crippen LogP contribution in [0.3, 0.4) is 0 Å². The van der Waals surface area contributed by atoms with Crippen molar-refractivity contribution in [2.75, 3.05) is 46.3 Å². The molecule has 2 rings (SSSR count). The lowest BCUT2D eigenvalue weighted by Gasteiger charge is -2.45. The second kappa shape index (κ2) is 5.25. The Kier molecular flexibility index (Phi) is 4.11. The number of likely N-dealkylation sites (N-methyl/N-ethyl adjacent to an activating group) is 1. The second-order valence-corrected chi connectivity index (χ2v) is 6.73. The summed E-state index contributed by atoms with van der Waals surface area (Å²) in [5.74, 6) is 0. The third-order valence-electron chi connectivity index (χ3n) is 4.47. The molecular weight excluding hydrogens is 210 g/mol. The molecule has 0 aromatic heterocycles. The van der Waals surface area contributed by atoms with Crippen LogP contribution in [0.1, 0.15) is 33.6 Å². The van der Waals surface area contributed by atoms with Gasteiger partial charge in [-0.25, -0.2) is 0 Å². The Morgan fingerprint density at radius 1 is 0.824 bits per heavy atom. The van der Waals surface area contributed by atoms with Crippen LogP contribution in [0.5, 0.6) is 0 Å². The highest BCUT2D eigenvalue weighted by molar-refractivity contribution is 4.87. The SMILES string of the molecule is CN1CCN(C2CCN(C(C)(C)C)CC2)CC1. The minimum atomic E-state index is 0.354. The van der Waals surface area contributed by atoms with E-state index in [1.807, 2.05) is 0 Å². The normalized spacial score (nSPS) is 27.5. The molecule has 0 spiro atoms. The molecule has 3 heteroatoms. The summed E-state index contributed by atoms with van der Waals surface area (Å²) >= 11 is 0. The van der Waals surface area contributed by atoms with Crippen LogP contribution < -0.4 is 0 Å². The summed E-state index contributed by atoms with van der Waals surface area (Å²) in [5.41, 5.74) is 0.354. The van der Waals surface area contributed by atoms with E-state index < -0.39 is 0 Å². The Hall–Kier alpha value is -0.120. The zero-order valence-corrected chi connectivity index (χ0v) is 12.1. The molecule has 0 N–H and O–H groups in total. The first-order chi connectivity index (χ1) is 7.97. The summed E-state index contributed by atoms with van der Waals surface area (Å²) in [6, 6.07) is 0.849. The molecule has 2 fully saturated rings. The van der Waals surface area contributed by atoms with Crippen molar-refractivity contribution in [2.45, 2.75) is 45.2 Å². The molecule has 3 nitrogen and oxygen atoms in total. The van der Waals surface area contributed by atoms with E-state index in [9.17, 15) is 0 Å². The highest BCUT2D eigenvalue weighted by atomic mass is 15.3. The Morgan fingerprint density at radius 2 is 1.35 bits per heavy atom. The lowest BCUT2D eigenvalue weighted by atomic mass is 9.97. The predicted octanol–water partition coefficient (Wildman–Crippen LogP) is 1.50. The smallest absolute Gasteiger partial charge is 0.0125 e. The minimum absolute atomic E-state index is 0.354. The highest BCUT2D eigenvalue weighted by Gasteiger charge is 2.30. The summed E-state index contributed by atoms with van der Waals surface area (Å²) < 4.78 is 0. The number of hydrogen-bond donors (Lipinski definition) is 0. The van der Waals surface area contributed by atoms with Gasteiger partial charge < -0.3 is 4.90 Å². The first kappa shape index (κ1) is 13.3. The minimum Gasteiger partial charge on any atom is -0.304 e. The third kappa shape index (κ3) is 3.43. The van der Waals surface area contributed by atoms with Crippen LogP contribution in [0.25, 0.3) is 0 Å². The summed E-state index contributed by atoms with van der Waals surface area (Å²) in [5, 5.41) is 0. The quantitative estimate of drug-likeness (QED) is 0.686. The van der Waals surface area contributed by atoms with Gasteiger partial charge >= 0.3 is 0 Å². The summed E-state index contributed by atoms with van der Waals surface area (Å²) in [6.45, 7) is 14.6. The zero-order valence-electron chi connectivity index (χ0n) is 12.1. The number of rotatable bonds is 1. The maximum atomic E-state index is 2.72. The molecule has 0 aromatic rings. The molecule has 0 unspecified atom stereocenters. The average Bonchev–Trinajstić information content (AvgIpc) is 2.29. The molecule has 0 radical (unpaired) electrons. The van der Waals surface area contributed by atoms with Crippen LogP contribution in [-0.4, -0.2) is 72.6 Å². The summed E-state index contributed by atoms with van der Waals surface area (Å²) in [7, 11) is 2.24. The lowest BCUT2D eigenvalue weighted by molar-refractivity contribution is 0.0369. The monoisotopic (exact) mass is 239 g/mol. The molecule has 100 valence electrons. The van der Waals surface area contributed by atoms with Gasteiger partial charge in [0.15, 0.2) is 0 Å². The highest BCUT2D eigenvalue weighted by Crippen LogP contribution is 2.23. The first-order valence-electron chi connectivity index (χ1n) is 7.14. The van der Waals surface area contributed by atoms with Crippen molar-refractivity contribution in [3.8, 4) is 0 Å². The van der Waals surface area contributed by atoms with Gasteiger partial charge in [0.05, 0.1) is 0 Å². The number of piperidine rings is 1. The molecule has 0 saturated carbocycles. The van der Waals surface area contributed by atoms with Crippen LogP contribution >= 0.6 is 0 Å². The van der Waals surface area contributed by atoms with Gasteiger partial charge in [-0.2, -0.15) is 0 Å². The van der Waals surface area contributed by atoms with Gasteiger partial charge in [-0.15, -0.1) is 0 Å². The topological polar surface area (TPSA) is 9.72 Å². The molecular formula is C14H29N3. The van der Waals surface area contributed by atoms with E-state index in [2.05, 4.69) is 42.5 Å². The van der Waals surface area contributed by atoms with E-state index in [4.69, 9.17) is 0 Å². The number of piperazine rings is 1. The lowest BCUT2D eigenvalue weighted by Crippen LogP contribution is -2.54. The molecule has 0 amide bonds. The van der Waals surface area contributed by atoms with Crippen LogP contribution in [0.4, 0.5) is 0 Å². The van der Waals surface area contributed by atoms with Crippen molar-refractivity contribution in [1.29, 1.82) is 0 Å². The first-order valence-corrected chi connectivity index (χ1v) is 7.14. The van der Waals surface area contributed by atoms with E-state index in [0.717, 1.165) is 6.04 Å². The van der Waals surface area contributed by atoms with E-state index in [1.54, 1.807) is 0 Å². The number of hydrogen-bond acceptors (Lipinski definition) is 3. The third-order valence-corrected chi connectivity index (χ3v) is 4.47. The van der Waals surface area contributed by atoms with Crippen LogP contribution in [0.2, 0.25) is 0 Å². The standard InChI is InChI=1S/C14H29N3/c1-14(2,3)17-7-5-13(6-8-17)16-11-9-15(4)10-12-16/h13H,5-12H2,1-4H3. The largest absolute Gasteiger partial charge is 0.304 e. The van der Waals surface area contributed by atoms with Gasteiger partial charge in [0.1, 0.15) is 0 Å². The fraction of sp³-hybridized carbons (Fsp3) is 1.00. The molecule has 2 saturated heterocycles. The Morgan fingerprint density at radius 3 is 1.82 bits per heavy atom. The van der Waals surface area contributed by atoms with Crippen molar-refractivity contribution in [1.82, 2.24) is 14.7 Å². The van der Waals surface area contributed by atoms with Crippen molar-refractivity contribution in [3.05, 3.63) is 0 Å². The van der Waals surface area contributed by atoms with E-state index in [-0.39, 0.29) is 0 Å². The molecule has 2 aliphatic heterocycles. The number of likely N-dealkylation sites (tertiary alicyclic amines) is 1. The summed E-state index contributed by atoms with van der Waals surface area (Å²) in [4.78, 5) is 7.81. The van der Waals surface area contributed by atoms with Crippen molar-refractivity contribution in [3.63, 3.8) is 0 Å². The molecule has 17 heavy (non-hydrogen) atoms. The average molecular weight is 239 g/mol. The van der Waals surface area contributed by atoms with E-state index in [1.165, 1.54) is 52.1 Å². The Bertz CT molecular complexity index is 230. The van der Waals surface area contributed by atoms with Gasteiger partial charge in [0, 0.05) is 50.8 Å². The number of nitrogens with zero attached hydrogens (tertiary/aromatic N) is 3. The van der Waals surface area contributed by atoms with Crippen molar-refractivity contribution >= 4 is 0 Å². The van der Waals surface area contributed by atoms with Crippen LogP contribution in [-0.2, 0) is 0 Å². The predicted molar refractivity (Wildman–Crippen MR) is 73.4 cm³/mol. The Labute approximate surface area is 107 Å². The summed E-state index contributed by atoms with van der Waals surface area (Å²) in [6.07, 6.45) is 2.72. The second-order valence-electron chi connectivity index (χ2n) is 6.73. The van der Waals surface area contributed by atoms with Gasteiger partial charge in [-0.05, 0) is 40.7 Å². The Balaban J connectivity index is 1.79. The van der Waals surface area contributed by atoms with Crippen molar-refractivity contribution < 1.29 is 0 Å². The van der Waals surface area contributed by atoms with Crippen molar-refractivity contribution in [2.24, 2.45) is 0 Å². The maximum absolute atomic E-state index is 2.72. The zero-order chi connectivity index (χ0) is 12.5. The fourth-order valence-electron chi connectivity index (χ4n) is 3.09. The maximum Gasteiger partial charge on any atom is 0.0125 e. The van der Waals surface area contributed by atoms with E-state index >= 15 is 0 Å². The molecule has 2 aliphatic rings. The fourth-order valence-corrected chi connectivity index (χ4v) is 3.09. The molecule has 0 atom stereocenters. The van der Waals surface area contributed by atoms with Gasteiger partial charge in [-0.3, -0.25) is 9.80 Å². The molecule has 0 aliphatic carbocycles. The van der Waals surface area contributed by atoms with Gasteiger partial charge in [-0.1, -0.05) is 0 Å². The molecule has 2 heterocycles. The molecule has 0 aromatic carbocycles. The van der Waals surface area contributed by atoms with Gasteiger partial charge in [0.2, 0.25) is 0 Å². The van der Waals surface area contributed by atoms with Gasteiger partial charge in [0.25, 0.3) is 0 Å². The van der Waals surface area contributed by atoms with Crippen LogP contribution in [0, 0.1) is 0 Å². The van der Waals surface area contributed by atoms with Crippen LogP contribution in [0.15, 0.2) is 0 Å². The molecule has 0 bridgehead atoms.